The molecule has 4 nitrogen and oxygen atoms in total. The first-order chi connectivity index (χ1) is 12.7. The van der Waals surface area contributed by atoms with Crippen LogP contribution in [0.3, 0.4) is 0 Å². The summed E-state index contributed by atoms with van der Waals surface area (Å²) in [6.45, 7) is 0. The van der Waals surface area contributed by atoms with Crippen molar-refractivity contribution in [2.24, 2.45) is 4.99 Å². The van der Waals surface area contributed by atoms with Crippen LogP contribution in [0.5, 0.6) is 5.75 Å². The number of hydrogen-bond acceptors (Lipinski definition) is 4. The molecule has 4 rings (SSSR count). The van der Waals surface area contributed by atoms with Crippen molar-refractivity contribution in [1.82, 2.24) is 0 Å². The molecule has 0 saturated carbocycles. The molecule has 0 atom stereocenters. The van der Waals surface area contributed by atoms with Gasteiger partial charge in [0.15, 0.2) is 5.70 Å². The van der Waals surface area contributed by atoms with Gasteiger partial charge in [-0.2, -0.15) is 0 Å². The zero-order valence-corrected chi connectivity index (χ0v) is 14.7. The van der Waals surface area contributed by atoms with E-state index in [0.29, 0.717) is 16.3 Å². The SMILES string of the molecule is COc1ccc(Cl)cc1C1=NC(=Cc2cccc3ccccc23)C(=O)O1. The van der Waals surface area contributed by atoms with Crippen LogP contribution in [-0.4, -0.2) is 19.0 Å². The minimum absolute atomic E-state index is 0.181. The van der Waals surface area contributed by atoms with Crippen LogP contribution in [0.25, 0.3) is 16.8 Å². The van der Waals surface area contributed by atoms with E-state index >= 15 is 0 Å². The molecule has 0 fully saturated rings. The van der Waals surface area contributed by atoms with Crippen molar-refractivity contribution in [3.05, 3.63) is 82.5 Å². The summed E-state index contributed by atoms with van der Waals surface area (Å²) in [6.07, 6.45) is 1.73. The number of hydrogen-bond donors (Lipinski definition) is 0. The van der Waals surface area contributed by atoms with Crippen molar-refractivity contribution < 1.29 is 14.3 Å². The molecular formula is C21H14ClNO3. The minimum atomic E-state index is -0.505. The molecule has 0 amide bonds. The molecule has 26 heavy (non-hydrogen) atoms. The Morgan fingerprint density at radius 3 is 2.73 bits per heavy atom. The molecule has 0 aromatic heterocycles. The van der Waals surface area contributed by atoms with Gasteiger partial charge in [0.05, 0.1) is 12.7 Å². The summed E-state index contributed by atoms with van der Waals surface area (Å²) in [6, 6.07) is 18.9. The Morgan fingerprint density at radius 2 is 1.88 bits per heavy atom. The van der Waals surface area contributed by atoms with Crippen molar-refractivity contribution in [3.8, 4) is 5.75 Å². The van der Waals surface area contributed by atoms with Crippen LogP contribution in [0.15, 0.2) is 71.4 Å². The molecule has 0 radical (unpaired) electrons. The number of carbonyl (C=O) groups is 1. The van der Waals surface area contributed by atoms with Gasteiger partial charge in [0, 0.05) is 5.02 Å². The Bertz CT molecular complexity index is 1080. The van der Waals surface area contributed by atoms with E-state index < -0.39 is 5.97 Å². The first-order valence-electron chi connectivity index (χ1n) is 8.00. The highest BCUT2D eigenvalue weighted by atomic mass is 35.5. The second-order valence-corrected chi connectivity index (χ2v) is 6.19. The third kappa shape index (κ3) is 2.95. The topological polar surface area (TPSA) is 47.9 Å². The standard InChI is InChI=1S/C21H14ClNO3/c1-25-19-10-9-15(22)12-17(19)20-23-18(21(24)26-20)11-14-7-4-6-13-5-2-3-8-16(13)14/h2-12H,1H3. The van der Waals surface area contributed by atoms with Gasteiger partial charge in [-0.1, -0.05) is 54.1 Å². The number of benzene rings is 3. The largest absolute Gasteiger partial charge is 0.496 e. The summed E-state index contributed by atoms with van der Waals surface area (Å²) < 4.78 is 10.7. The highest BCUT2D eigenvalue weighted by Gasteiger charge is 2.26. The second kappa shape index (κ2) is 6.65. The van der Waals surface area contributed by atoms with Crippen LogP contribution in [0.4, 0.5) is 0 Å². The predicted octanol–water partition coefficient (Wildman–Crippen LogP) is 4.85. The number of halogens is 1. The van der Waals surface area contributed by atoms with Crippen molar-refractivity contribution in [3.63, 3.8) is 0 Å². The number of carbonyl (C=O) groups excluding carboxylic acids is 1. The fraction of sp³-hybridized carbons (Fsp3) is 0.0476. The van der Waals surface area contributed by atoms with Gasteiger partial charge in [0.2, 0.25) is 5.90 Å². The molecule has 0 unspecified atom stereocenters. The lowest BCUT2D eigenvalue weighted by Gasteiger charge is -2.07. The van der Waals surface area contributed by atoms with Crippen LogP contribution in [0.2, 0.25) is 5.02 Å². The second-order valence-electron chi connectivity index (χ2n) is 5.75. The summed E-state index contributed by atoms with van der Waals surface area (Å²) in [4.78, 5) is 16.7. The lowest BCUT2D eigenvalue weighted by molar-refractivity contribution is -0.129. The van der Waals surface area contributed by atoms with Crippen LogP contribution in [-0.2, 0) is 9.53 Å². The van der Waals surface area contributed by atoms with Gasteiger partial charge in [0.1, 0.15) is 5.75 Å². The molecule has 5 heteroatoms. The summed E-state index contributed by atoms with van der Waals surface area (Å²) in [5, 5.41) is 2.64. The van der Waals surface area contributed by atoms with Crippen molar-refractivity contribution in [2.75, 3.05) is 7.11 Å². The third-order valence-electron chi connectivity index (χ3n) is 4.13. The zero-order chi connectivity index (χ0) is 18.1. The molecule has 0 aliphatic carbocycles. The Morgan fingerprint density at radius 1 is 1.08 bits per heavy atom. The fourth-order valence-electron chi connectivity index (χ4n) is 2.90. The fourth-order valence-corrected chi connectivity index (χ4v) is 3.07. The molecule has 3 aromatic carbocycles. The Balaban J connectivity index is 1.80. The van der Waals surface area contributed by atoms with Crippen molar-refractivity contribution in [2.45, 2.75) is 0 Å². The van der Waals surface area contributed by atoms with Crippen LogP contribution in [0, 0.1) is 0 Å². The van der Waals surface area contributed by atoms with E-state index in [9.17, 15) is 4.79 Å². The summed E-state index contributed by atoms with van der Waals surface area (Å²) in [5.41, 5.74) is 1.67. The van der Waals surface area contributed by atoms with Crippen LogP contribution in [0.1, 0.15) is 11.1 Å². The number of rotatable bonds is 3. The molecule has 1 aliphatic rings. The molecule has 0 saturated heterocycles. The number of ether oxygens (including phenoxy) is 2. The first-order valence-corrected chi connectivity index (χ1v) is 8.38. The van der Waals surface area contributed by atoms with E-state index in [4.69, 9.17) is 21.1 Å². The molecule has 1 aliphatic heterocycles. The number of esters is 1. The molecular weight excluding hydrogens is 350 g/mol. The van der Waals surface area contributed by atoms with Crippen molar-refractivity contribution in [1.29, 1.82) is 0 Å². The Hall–Kier alpha value is -3.11. The summed E-state index contributed by atoms with van der Waals surface area (Å²) in [5.74, 6) is 0.211. The Labute approximate surface area is 155 Å². The van der Waals surface area contributed by atoms with Gasteiger partial charge in [-0.25, -0.2) is 9.79 Å². The molecule has 3 aromatic rings. The van der Waals surface area contributed by atoms with E-state index in [1.807, 2.05) is 42.5 Å². The number of fused-ring (bicyclic) bond motifs is 1. The average molecular weight is 364 g/mol. The van der Waals surface area contributed by atoms with E-state index in [1.165, 1.54) is 7.11 Å². The maximum Gasteiger partial charge on any atom is 0.363 e. The van der Waals surface area contributed by atoms with E-state index in [2.05, 4.69) is 4.99 Å². The average Bonchev–Trinajstić information content (AvgIpc) is 3.02. The van der Waals surface area contributed by atoms with Crippen LogP contribution >= 0.6 is 11.6 Å². The summed E-state index contributed by atoms with van der Waals surface area (Å²) in [7, 11) is 1.54. The lowest BCUT2D eigenvalue weighted by Crippen LogP contribution is -2.07. The molecule has 1 heterocycles. The minimum Gasteiger partial charge on any atom is -0.496 e. The van der Waals surface area contributed by atoms with Crippen LogP contribution < -0.4 is 4.74 Å². The van der Waals surface area contributed by atoms with Crippen molar-refractivity contribution >= 4 is 40.3 Å². The monoisotopic (exact) mass is 363 g/mol. The van der Waals surface area contributed by atoms with E-state index in [1.54, 1.807) is 24.3 Å². The molecule has 0 spiro atoms. The van der Waals surface area contributed by atoms with Gasteiger partial charge in [-0.15, -0.1) is 0 Å². The third-order valence-corrected chi connectivity index (χ3v) is 4.36. The zero-order valence-electron chi connectivity index (χ0n) is 13.9. The summed E-state index contributed by atoms with van der Waals surface area (Å²) >= 11 is 6.05. The highest BCUT2D eigenvalue weighted by molar-refractivity contribution is 6.31. The number of nitrogens with zero attached hydrogens (tertiary/aromatic N) is 1. The van der Waals surface area contributed by atoms with Gasteiger partial charge in [-0.05, 0) is 40.6 Å². The maximum absolute atomic E-state index is 12.3. The van der Waals surface area contributed by atoms with Gasteiger partial charge in [-0.3, -0.25) is 0 Å². The van der Waals surface area contributed by atoms with Gasteiger partial charge < -0.3 is 9.47 Å². The molecule has 0 N–H and O–H groups in total. The van der Waals surface area contributed by atoms with Gasteiger partial charge in [0.25, 0.3) is 0 Å². The predicted molar refractivity (Wildman–Crippen MR) is 103 cm³/mol. The number of methoxy groups -OCH3 is 1. The first kappa shape index (κ1) is 16.4. The number of cyclic esters (lactones) is 1. The Kier molecular flexibility index (Phi) is 4.19. The lowest BCUT2D eigenvalue weighted by atomic mass is 10.0. The van der Waals surface area contributed by atoms with Gasteiger partial charge >= 0.3 is 5.97 Å². The molecule has 0 bridgehead atoms. The smallest absolute Gasteiger partial charge is 0.363 e. The maximum atomic E-state index is 12.3. The van der Waals surface area contributed by atoms with E-state index in [-0.39, 0.29) is 11.6 Å². The molecule has 128 valence electrons. The highest BCUT2D eigenvalue weighted by Crippen LogP contribution is 2.28. The van der Waals surface area contributed by atoms with E-state index in [0.717, 1.165) is 16.3 Å². The quantitative estimate of drug-likeness (QED) is 0.494. The number of aliphatic imine (C=N–C) groups is 1. The normalized spacial score (nSPS) is 15.2.